The van der Waals surface area contributed by atoms with E-state index in [2.05, 4.69) is 37.2 Å². The number of benzene rings is 1. The van der Waals surface area contributed by atoms with Gasteiger partial charge in [0, 0.05) is 4.47 Å². The molecule has 2 rings (SSSR count). The Kier molecular flexibility index (Phi) is 3.91. The van der Waals surface area contributed by atoms with E-state index < -0.39 is 39.1 Å². The minimum Gasteiger partial charge on any atom is -0.317 e. The molecule has 0 aromatic heterocycles. The Morgan fingerprint density at radius 2 is 1.81 bits per heavy atom. The molecule has 0 saturated carbocycles. The van der Waals surface area contributed by atoms with Crippen LogP contribution >= 0.6 is 31.9 Å². The summed E-state index contributed by atoms with van der Waals surface area (Å²) in [5.74, 6) is -2.19. The molecule has 1 aliphatic rings. The van der Waals surface area contributed by atoms with E-state index in [1.54, 1.807) is 0 Å². The zero-order valence-corrected chi connectivity index (χ0v) is 12.9. The first kappa shape index (κ1) is 15.3. The predicted octanol–water partition coefficient (Wildman–Crippen LogP) is 1.40. The summed E-state index contributed by atoms with van der Waals surface area (Å²) in [6.45, 7) is 0. The van der Waals surface area contributed by atoms with Crippen molar-refractivity contribution in [2.24, 2.45) is 0 Å². The van der Waals surface area contributed by atoms with Crippen LogP contribution in [0.5, 0.6) is 0 Å². The van der Waals surface area contributed by atoms with Crippen LogP contribution in [0.25, 0.3) is 0 Å². The fraction of sp³-hybridized carbons (Fsp3) is 0.111. The van der Waals surface area contributed by atoms with Gasteiger partial charge in [0.15, 0.2) is 0 Å². The van der Waals surface area contributed by atoms with Crippen molar-refractivity contribution >= 4 is 55.0 Å². The van der Waals surface area contributed by atoms with Gasteiger partial charge in [-0.05, 0) is 37.9 Å². The number of nitrogens with zero attached hydrogens (tertiary/aromatic N) is 2. The van der Waals surface area contributed by atoms with Crippen LogP contribution in [0, 0.1) is 20.2 Å². The first-order valence-electron chi connectivity index (χ1n) is 5.15. The van der Waals surface area contributed by atoms with E-state index in [1.807, 2.05) is 5.32 Å². The quantitative estimate of drug-likeness (QED) is 0.543. The maximum atomic E-state index is 12.0. The molecule has 1 atom stereocenters. The lowest BCUT2D eigenvalue weighted by Gasteiger charge is -2.08. The third kappa shape index (κ3) is 2.58. The van der Waals surface area contributed by atoms with Crippen molar-refractivity contribution in [1.82, 2.24) is 5.32 Å². The summed E-state index contributed by atoms with van der Waals surface area (Å²) < 4.78 is 0.191. The number of anilines is 1. The number of nitro benzene ring substituents is 1. The SMILES string of the molecule is O=C1NC([N+](=O)[O-])C(=O)Nc2cc(Br)c(Br)c([N+](=O)[O-])c21. The van der Waals surface area contributed by atoms with E-state index in [9.17, 15) is 29.8 Å². The minimum absolute atomic E-state index is 0.0183. The second kappa shape index (κ2) is 5.37. The molecule has 0 spiro atoms. The molecule has 0 fully saturated rings. The molecule has 1 aromatic carbocycles. The van der Waals surface area contributed by atoms with Crippen LogP contribution in [-0.2, 0) is 4.79 Å². The lowest BCUT2D eigenvalue weighted by Crippen LogP contribution is -2.46. The molecule has 2 N–H and O–H groups in total. The van der Waals surface area contributed by atoms with Crippen molar-refractivity contribution < 1.29 is 19.4 Å². The van der Waals surface area contributed by atoms with Gasteiger partial charge in [-0.3, -0.25) is 35.1 Å². The first-order valence-corrected chi connectivity index (χ1v) is 6.74. The van der Waals surface area contributed by atoms with Gasteiger partial charge in [-0.1, -0.05) is 0 Å². The summed E-state index contributed by atoms with van der Waals surface area (Å²) in [6, 6.07) is 1.24. The van der Waals surface area contributed by atoms with Crippen LogP contribution in [-0.4, -0.2) is 27.8 Å². The third-order valence-electron chi connectivity index (χ3n) is 2.59. The molecule has 12 heteroatoms. The van der Waals surface area contributed by atoms with Gasteiger partial charge >= 0.3 is 12.1 Å². The molecule has 0 radical (unpaired) electrons. The highest BCUT2D eigenvalue weighted by atomic mass is 79.9. The Balaban J connectivity index is 2.71. The van der Waals surface area contributed by atoms with Crippen molar-refractivity contribution in [3.05, 3.63) is 40.8 Å². The van der Waals surface area contributed by atoms with Gasteiger partial charge in [-0.25, -0.2) is 0 Å². The summed E-state index contributed by atoms with van der Waals surface area (Å²) in [4.78, 5) is 43.7. The van der Waals surface area contributed by atoms with Gasteiger partial charge in [-0.2, -0.15) is 0 Å². The Hall–Kier alpha value is -2.08. The van der Waals surface area contributed by atoms with Crippen molar-refractivity contribution in [3.8, 4) is 0 Å². The van der Waals surface area contributed by atoms with Gasteiger partial charge in [-0.15, -0.1) is 0 Å². The molecule has 110 valence electrons. The van der Waals surface area contributed by atoms with E-state index in [1.165, 1.54) is 6.07 Å². The summed E-state index contributed by atoms with van der Waals surface area (Å²) in [5, 5.41) is 25.8. The second-order valence-corrected chi connectivity index (χ2v) is 5.50. The van der Waals surface area contributed by atoms with Gasteiger partial charge in [0.2, 0.25) is 0 Å². The highest BCUT2D eigenvalue weighted by molar-refractivity contribution is 9.13. The Labute approximate surface area is 132 Å². The molecule has 21 heavy (non-hydrogen) atoms. The first-order chi connectivity index (χ1) is 9.73. The number of rotatable bonds is 2. The number of hydrogen-bond acceptors (Lipinski definition) is 6. The summed E-state index contributed by atoms with van der Waals surface area (Å²) >= 11 is 5.99. The zero-order valence-electron chi connectivity index (χ0n) is 9.75. The smallest absolute Gasteiger partial charge is 0.317 e. The molecule has 2 amide bonds. The largest absolute Gasteiger partial charge is 0.365 e. The zero-order chi connectivity index (χ0) is 15.9. The number of carbonyl (C=O) groups is 2. The lowest BCUT2D eigenvalue weighted by atomic mass is 10.1. The molecule has 1 heterocycles. The molecule has 10 nitrogen and oxygen atoms in total. The van der Waals surface area contributed by atoms with Crippen molar-refractivity contribution in [3.63, 3.8) is 0 Å². The number of carbonyl (C=O) groups excluding carboxylic acids is 2. The van der Waals surface area contributed by atoms with Crippen molar-refractivity contribution in [1.29, 1.82) is 0 Å². The Bertz CT molecular complexity index is 706. The second-order valence-electron chi connectivity index (χ2n) is 3.85. The Morgan fingerprint density at radius 1 is 1.19 bits per heavy atom. The Morgan fingerprint density at radius 3 is 2.33 bits per heavy atom. The van der Waals surface area contributed by atoms with Gasteiger partial charge < -0.3 is 5.32 Å². The molecule has 0 aliphatic carbocycles. The highest BCUT2D eigenvalue weighted by Crippen LogP contribution is 2.40. The van der Waals surface area contributed by atoms with Gasteiger partial charge in [0.1, 0.15) is 10.0 Å². The van der Waals surface area contributed by atoms with Crippen LogP contribution in [0.2, 0.25) is 0 Å². The number of halogens is 2. The fourth-order valence-corrected chi connectivity index (χ4v) is 2.60. The van der Waals surface area contributed by atoms with Crippen LogP contribution in [0.1, 0.15) is 10.4 Å². The minimum atomic E-state index is -2.03. The molecule has 1 unspecified atom stereocenters. The maximum Gasteiger partial charge on any atom is 0.365 e. The molecular weight excluding hydrogens is 420 g/mol. The van der Waals surface area contributed by atoms with Gasteiger partial charge in [0.25, 0.3) is 11.6 Å². The number of nitrogens with one attached hydrogen (secondary N) is 2. The maximum absolute atomic E-state index is 12.0. The number of fused-ring (bicyclic) bond motifs is 1. The summed E-state index contributed by atoms with van der Waals surface area (Å²) in [7, 11) is 0. The lowest BCUT2D eigenvalue weighted by molar-refractivity contribution is -0.510. The average Bonchev–Trinajstić information content (AvgIpc) is 2.48. The molecular formula is C9H4Br2N4O6. The van der Waals surface area contributed by atoms with Gasteiger partial charge in [0.05, 0.1) is 15.5 Å². The molecule has 1 aliphatic heterocycles. The highest BCUT2D eigenvalue weighted by Gasteiger charge is 2.40. The van der Waals surface area contributed by atoms with E-state index >= 15 is 0 Å². The van der Waals surface area contributed by atoms with Crippen molar-refractivity contribution in [2.45, 2.75) is 6.17 Å². The molecule has 0 bridgehead atoms. The molecule has 1 aromatic rings. The summed E-state index contributed by atoms with van der Waals surface area (Å²) in [5.41, 5.74) is -1.27. The van der Waals surface area contributed by atoms with Crippen LogP contribution in [0.3, 0.4) is 0 Å². The standard InChI is InChI=1S/C9H4Br2N4O6/c10-2-1-3-4(6(5(2)11)14(18)19)8(16)13-7(15(20)21)9(17)12-3/h1,7H,(H,12,17)(H,13,16). The fourth-order valence-electron chi connectivity index (χ4n) is 1.72. The third-order valence-corrected chi connectivity index (χ3v) is 4.55. The van der Waals surface area contributed by atoms with E-state index in [-0.39, 0.29) is 14.6 Å². The van der Waals surface area contributed by atoms with Crippen LogP contribution in [0.15, 0.2) is 15.0 Å². The monoisotopic (exact) mass is 422 g/mol. The van der Waals surface area contributed by atoms with Crippen molar-refractivity contribution in [2.75, 3.05) is 5.32 Å². The van der Waals surface area contributed by atoms with E-state index in [4.69, 9.17) is 0 Å². The number of amides is 2. The normalized spacial score (nSPS) is 17.3. The molecule has 0 saturated heterocycles. The van der Waals surface area contributed by atoms with Crippen LogP contribution < -0.4 is 10.6 Å². The van der Waals surface area contributed by atoms with E-state index in [0.717, 1.165) is 0 Å². The topological polar surface area (TPSA) is 144 Å². The number of nitro groups is 2. The average molecular weight is 424 g/mol. The number of hydrogen-bond donors (Lipinski definition) is 2. The summed E-state index contributed by atoms with van der Waals surface area (Å²) in [6.07, 6.45) is -2.03. The van der Waals surface area contributed by atoms with Crippen LogP contribution in [0.4, 0.5) is 11.4 Å². The predicted molar refractivity (Wildman–Crippen MR) is 75.4 cm³/mol. The van der Waals surface area contributed by atoms with E-state index in [0.29, 0.717) is 0 Å².